The Morgan fingerprint density at radius 3 is 2.86 bits per heavy atom. The first kappa shape index (κ1) is 14.7. The van der Waals surface area contributed by atoms with E-state index in [2.05, 4.69) is 4.98 Å². The number of halogens is 1. The average Bonchev–Trinajstić information content (AvgIpc) is 2.45. The molecule has 0 unspecified atom stereocenters. The number of carbonyl (C=O) groups is 1. The van der Waals surface area contributed by atoms with Crippen molar-refractivity contribution in [2.75, 3.05) is 11.9 Å². The van der Waals surface area contributed by atoms with Crippen LogP contribution in [0, 0.1) is 5.82 Å². The fourth-order valence-electron chi connectivity index (χ4n) is 1.91. The van der Waals surface area contributed by atoms with Crippen LogP contribution in [0.3, 0.4) is 0 Å². The smallest absolute Gasteiger partial charge is 0.328 e. The highest BCUT2D eigenvalue weighted by molar-refractivity contribution is 5.85. The van der Waals surface area contributed by atoms with E-state index in [1.165, 1.54) is 18.2 Å². The zero-order valence-electron chi connectivity index (χ0n) is 11.5. The fourth-order valence-corrected chi connectivity index (χ4v) is 1.91. The number of nitrogens with zero attached hydrogens (tertiary/aromatic N) is 2. The molecule has 1 N–H and O–H groups in total. The molecule has 0 aliphatic heterocycles. The molecular formula is C16H15FN2O2. The van der Waals surface area contributed by atoms with Crippen molar-refractivity contribution in [2.45, 2.75) is 6.54 Å². The predicted octanol–water partition coefficient (Wildman–Crippen LogP) is 2.95. The molecule has 2 aromatic rings. The summed E-state index contributed by atoms with van der Waals surface area (Å²) in [6.45, 7) is 0.534. The number of rotatable bonds is 5. The maximum absolute atomic E-state index is 13.6. The van der Waals surface area contributed by atoms with Crippen LogP contribution in [0.25, 0.3) is 6.08 Å². The van der Waals surface area contributed by atoms with Crippen LogP contribution in [0.5, 0.6) is 0 Å². The Hall–Kier alpha value is -2.69. The molecule has 0 saturated heterocycles. The summed E-state index contributed by atoms with van der Waals surface area (Å²) in [6.07, 6.45) is 4.05. The number of pyridine rings is 1. The Morgan fingerprint density at radius 1 is 1.38 bits per heavy atom. The number of anilines is 1. The summed E-state index contributed by atoms with van der Waals surface area (Å²) in [4.78, 5) is 16.6. The van der Waals surface area contributed by atoms with Gasteiger partial charge in [-0.1, -0.05) is 6.07 Å². The van der Waals surface area contributed by atoms with Crippen molar-refractivity contribution in [2.24, 2.45) is 0 Å². The standard InChI is InChI=1S/C16H15FN2O2/c1-19(11-14-4-2-3-7-18-14)15-9-12(5-6-16(20)21)8-13(17)10-15/h2-10H,11H2,1H3,(H,20,21)/b6-5+. The number of hydrogen-bond donors (Lipinski definition) is 1. The van der Waals surface area contributed by atoms with E-state index in [-0.39, 0.29) is 0 Å². The van der Waals surface area contributed by atoms with Gasteiger partial charge in [-0.25, -0.2) is 9.18 Å². The molecule has 0 aliphatic rings. The highest BCUT2D eigenvalue weighted by Gasteiger charge is 2.06. The SMILES string of the molecule is CN(Cc1ccccn1)c1cc(F)cc(/C=C/C(=O)O)c1. The van der Waals surface area contributed by atoms with Crippen molar-refractivity contribution in [1.82, 2.24) is 4.98 Å². The molecule has 0 bridgehead atoms. The first-order valence-electron chi connectivity index (χ1n) is 6.37. The van der Waals surface area contributed by atoms with Gasteiger partial charge in [0.05, 0.1) is 12.2 Å². The minimum absolute atomic E-state index is 0.412. The molecular weight excluding hydrogens is 271 g/mol. The Labute approximate surface area is 122 Å². The van der Waals surface area contributed by atoms with Crippen LogP contribution in [0.2, 0.25) is 0 Å². The van der Waals surface area contributed by atoms with E-state index in [1.807, 2.05) is 30.1 Å². The Kier molecular flexibility index (Phi) is 4.66. The molecule has 21 heavy (non-hydrogen) atoms. The first-order chi connectivity index (χ1) is 10.0. The van der Waals surface area contributed by atoms with E-state index >= 15 is 0 Å². The Bertz CT molecular complexity index is 657. The van der Waals surface area contributed by atoms with Gasteiger partial charge in [-0.05, 0) is 42.0 Å². The molecule has 1 aromatic heterocycles. The van der Waals surface area contributed by atoms with Crippen LogP contribution in [0.1, 0.15) is 11.3 Å². The van der Waals surface area contributed by atoms with Gasteiger partial charge in [0.2, 0.25) is 0 Å². The summed E-state index contributed by atoms with van der Waals surface area (Å²) < 4.78 is 13.6. The van der Waals surface area contributed by atoms with Crippen LogP contribution in [-0.4, -0.2) is 23.1 Å². The van der Waals surface area contributed by atoms with E-state index in [0.29, 0.717) is 17.8 Å². The van der Waals surface area contributed by atoms with E-state index < -0.39 is 11.8 Å². The van der Waals surface area contributed by atoms with Crippen molar-refractivity contribution < 1.29 is 14.3 Å². The molecule has 0 spiro atoms. The third kappa shape index (κ3) is 4.42. The maximum Gasteiger partial charge on any atom is 0.328 e. The lowest BCUT2D eigenvalue weighted by molar-refractivity contribution is -0.131. The maximum atomic E-state index is 13.6. The van der Waals surface area contributed by atoms with E-state index in [1.54, 1.807) is 12.3 Å². The second-order valence-electron chi connectivity index (χ2n) is 4.59. The molecule has 2 rings (SSSR count). The molecule has 1 aromatic carbocycles. The number of carboxylic acid groups (broad SMARTS) is 1. The van der Waals surface area contributed by atoms with Gasteiger partial charge in [-0.2, -0.15) is 0 Å². The summed E-state index contributed by atoms with van der Waals surface area (Å²) in [5, 5.41) is 8.62. The molecule has 0 radical (unpaired) electrons. The largest absolute Gasteiger partial charge is 0.478 e. The molecule has 1 heterocycles. The topological polar surface area (TPSA) is 53.4 Å². The highest BCUT2D eigenvalue weighted by Crippen LogP contribution is 2.20. The molecule has 0 atom stereocenters. The summed E-state index contributed by atoms with van der Waals surface area (Å²) >= 11 is 0. The van der Waals surface area contributed by atoms with Crippen molar-refractivity contribution in [1.29, 1.82) is 0 Å². The van der Waals surface area contributed by atoms with Crippen LogP contribution in [0.4, 0.5) is 10.1 Å². The van der Waals surface area contributed by atoms with Gasteiger partial charge in [-0.15, -0.1) is 0 Å². The minimum Gasteiger partial charge on any atom is -0.478 e. The van der Waals surface area contributed by atoms with E-state index in [4.69, 9.17) is 5.11 Å². The predicted molar refractivity (Wildman–Crippen MR) is 79.4 cm³/mol. The van der Waals surface area contributed by atoms with Gasteiger partial charge in [-0.3, -0.25) is 4.98 Å². The summed E-state index contributed by atoms with van der Waals surface area (Å²) in [7, 11) is 1.83. The highest BCUT2D eigenvalue weighted by atomic mass is 19.1. The van der Waals surface area contributed by atoms with E-state index in [9.17, 15) is 9.18 Å². The zero-order valence-corrected chi connectivity index (χ0v) is 11.5. The summed E-state index contributed by atoms with van der Waals surface area (Å²) in [5.74, 6) is -1.48. The first-order valence-corrected chi connectivity index (χ1v) is 6.37. The third-order valence-electron chi connectivity index (χ3n) is 2.89. The van der Waals surface area contributed by atoms with Crippen LogP contribution in [0.15, 0.2) is 48.7 Å². The molecule has 0 aliphatic carbocycles. The second kappa shape index (κ2) is 6.65. The lowest BCUT2D eigenvalue weighted by Gasteiger charge is -2.19. The molecule has 5 heteroatoms. The Morgan fingerprint density at radius 2 is 2.19 bits per heavy atom. The van der Waals surface area contributed by atoms with E-state index in [0.717, 1.165) is 11.8 Å². The molecule has 0 amide bonds. The lowest BCUT2D eigenvalue weighted by Crippen LogP contribution is -2.17. The quantitative estimate of drug-likeness (QED) is 0.859. The average molecular weight is 286 g/mol. The number of hydrogen-bond acceptors (Lipinski definition) is 3. The molecule has 0 fully saturated rings. The monoisotopic (exact) mass is 286 g/mol. The summed E-state index contributed by atoms with van der Waals surface area (Å²) in [6, 6.07) is 10.0. The number of aliphatic carboxylic acids is 1. The number of aromatic nitrogens is 1. The Balaban J connectivity index is 2.20. The van der Waals surface area contributed by atoms with Gasteiger partial charge in [0.15, 0.2) is 0 Å². The molecule has 108 valence electrons. The van der Waals surface area contributed by atoms with Gasteiger partial charge >= 0.3 is 5.97 Å². The van der Waals surface area contributed by atoms with Crippen molar-refractivity contribution >= 4 is 17.7 Å². The van der Waals surface area contributed by atoms with Gasteiger partial charge < -0.3 is 10.0 Å². The third-order valence-corrected chi connectivity index (χ3v) is 2.89. The van der Waals surface area contributed by atoms with Crippen LogP contribution < -0.4 is 4.90 Å². The lowest BCUT2D eigenvalue weighted by atomic mass is 10.1. The van der Waals surface area contributed by atoms with Gasteiger partial charge in [0, 0.05) is 25.0 Å². The van der Waals surface area contributed by atoms with Gasteiger partial charge in [0.25, 0.3) is 0 Å². The van der Waals surface area contributed by atoms with Crippen molar-refractivity contribution in [3.63, 3.8) is 0 Å². The van der Waals surface area contributed by atoms with Crippen molar-refractivity contribution in [3.05, 3.63) is 65.7 Å². The normalized spacial score (nSPS) is 10.8. The van der Waals surface area contributed by atoms with Crippen LogP contribution >= 0.6 is 0 Å². The van der Waals surface area contributed by atoms with Crippen molar-refractivity contribution in [3.8, 4) is 0 Å². The second-order valence-corrected chi connectivity index (χ2v) is 4.59. The zero-order chi connectivity index (χ0) is 15.2. The minimum atomic E-state index is -1.07. The molecule has 4 nitrogen and oxygen atoms in total. The number of carboxylic acids is 1. The summed E-state index contributed by atoms with van der Waals surface area (Å²) in [5.41, 5.74) is 2.03. The number of benzene rings is 1. The molecule has 0 saturated carbocycles. The fraction of sp³-hybridized carbons (Fsp3) is 0.125. The van der Waals surface area contributed by atoms with Crippen LogP contribution in [-0.2, 0) is 11.3 Å². The van der Waals surface area contributed by atoms with Gasteiger partial charge in [0.1, 0.15) is 5.82 Å².